The average Bonchev–Trinajstić information content (AvgIpc) is 2.85. The van der Waals surface area contributed by atoms with Gasteiger partial charge >= 0.3 is 0 Å². The zero-order chi connectivity index (χ0) is 14.5. The summed E-state index contributed by atoms with van der Waals surface area (Å²) in [5, 5.41) is 12.6. The predicted molar refractivity (Wildman–Crippen MR) is 88.1 cm³/mol. The first-order valence-electron chi connectivity index (χ1n) is 7.47. The van der Waals surface area contributed by atoms with Crippen LogP contribution in [0.1, 0.15) is 32.3 Å². The topological polar surface area (TPSA) is 35.5 Å². The normalized spacial score (nSPS) is 19.1. The highest BCUT2D eigenvalue weighted by Crippen LogP contribution is 2.30. The molecule has 1 fully saturated rings. The Hall–Kier alpha value is -0.580. The van der Waals surface area contributed by atoms with Crippen molar-refractivity contribution in [3.63, 3.8) is 0 Å². The zero-order valence-electron chi connectivity index (χ0n) is 12.4. The number of nitrogens with one attached hydrogen (secondary N) is 1. The summed E-state index contributed by atoms with van der Waals surface area (Å²) in [6.45, 7) is 7.71. The number of rotatable bonds is 6. The molecule has 0 saturated carbocycles. The summed E-state index contributed by atoms with van der Waals surface area (Å²) in [4.78, 5) is 2.46. The lowest BCUT2D eigenvalue weighted by Gasteiger charge is -2.23. The van der Waals surface area contributed by atoms with E-state index in [4.69, 9.17) is 5.11 Å². The van der Waals surface area contributed by atoms with Gasteiger partial charge in [0.15, 0.2) is 0 Å². The summed E-state index contributed by atoms with van der Waals surface area (Å²) in [5.41, 5.74) is 2.68. The van der Waals surface area contributed by atoms with Crippen LogP contribution in [0.25, 0.3) is 0 Å². The smallest absolute Gasteiger partial charge is 0.0434 e. The van der Waals surface area contributed by atoms with Crippen LogP contribution in [0, 0.1) is 5.92 Å². The standard InChI is InChI=1S/C16H25BrN2O/c1-12(2)18-10-14-9-15(17)3-4-16(14)19-7-5-13(11-19)6-8-20/h3-4,9,12-13,18,20H,5-8,10-11H2,1-2H3. The van der Waals surface area contributed by atoms with Gasteiger partial charge in [0.25, 0.3) is 0 Å². The summed E-state index contributed by atoms with van der Waals surface area (Å²) in [6, 6.07) is 7.03. The van der Waals surface area contributed by atoms with Gasteiger partial charge in [-0.05, 0) is 42.5 Å². The van der Waals surface area contributed by atoms with Crippen molar-refractivity contribution in [2.75, 3.05) is 24.6 Å². The lowest BCUT2D eigenvalue weighted by molar-refractivity contribution is 0.263. The van der Waals surface area contributed by atoms with E-state index in [-0.39, 0.29) is 0 Å². The molecule has 1 atom stereocenters. The van der Waals surface area contributed by atoms with Gasteiger partial charge < -0.3 is 15.3 Å². The van der Waals surface area contributed by atoms with Gasteiger partial charge in [0.2, 0.25) is 0 Å². The number of halogens is 1. The molecule has 0 spiro atoms. The summed E-state index contributed by atoms with van der Waals surface area (Å²) in [7, 11) is 0. The maximum atomic E-state index is 9.09. The van der Waals surface area contributed by atoms with Crippen molar-refractivity contribution in [1.82, 2.24) is 5.32 Å². The largest absolute Gasteiger partial charge is 0.396 e. The Kier molecular flexibility index (Phi) is 5.87. The van der Waals surface area contributed by atoms with Crippen LogP contribution in [0.2, 0.25) is 0 Å². The minimum Gasteiger partial charge on any atom is -0.396 e. The van der Waals surface area contributed by atoms with Crippen LogP contribution in [0.4, 0.5) is 5.69 Å². The lowest BCUT2D eigenvalue weighted by atomic mass is 10.1. The van der Waals surface area contributed by atoms with Gasteiger partial charge in [0, 0.05) is 42.4 Å². The Morgan fingerprint density at radius 2 is 2.25 bits per heavy atom. The molecule has 0 aromatic heterocycles. The van der Waals surface area contributed by atoms with E-state index in [0.717, 1.165) is 30.5 Å². The Balaban J connectivity index is 2.10. The van der Waals surface area contributed by atoms with Gasteiger partial charge in [-0.25, -0.2) is 0 Å². The first-order valence-corrected chi connectivity index (χ1v) is 8.27. The molecule has 112 valence electrons. The summed E-state index contributed by atoms with van der Waals surface area (Å²) >= 11 is 3.57. The molecule has 1 aromatic rings. The average molecular weight is 341 g/mol. The van der Waals surface area contributed by atoms with Crippen LogP contribution in [0.3, 0.4) is 0 Å². The van der Waals surface area contributed by atoms with E-state index < -0.39 is 0 Å². The van der Waals surface area contributed by atoms with Crippen molar-refractivity contribution in [2.45, 2.75) is 39.3 Å². The molecule has 2 N–H and O–H groups in total. The van der Waals surface area contributed by atoms with Crippen molar-refractivity contribution in [3.05, 3.63) is 28.2 Å². The van der Waals surface area contributed by atoms with Crippen molar-refractivity contribution in [2.24, 2.45) is 5.92 Å². The number of hydrogen-bond acceptors (Lipinski definition) is 3. The second-order valence-corrected chi connectivity index (χ2v) is 6.84. The van der Waals surface area contributed by atoms with E-state index in [0.29, 0.717) is 18.6 Å². The highest BCUT2D eigenvalue weighted by molar-refractivity contribution is 9.10. The van der Waals surface area contributed by atoms with Crippen LogP contribution < -0.4 is 10.2 Å². The number of nitrogens with zero attached hydrogens (tertiary/aromatic N) is 1. The molecule has 1 heterocycles. The van der Waals surface area contributed by atoms with Crippen molar-refractivity contribution in [1.29, 1.82) is 0 Å². The number of hydrogen-bond donors (Lipinski definition) is 2. The van der Waals surface area contributed by atoms with E-state index in [1.54, 1.807) is 0 Å². The molecule has 1 unspecified atom stereocenters. The van der Waals surface area contributed by atoms with Crippen molar-refractivity contribution >= 4 is 21.6 Å². The van der Waals surface area contributed by atoms with E-state index in [1.165, 1.54) is 17.7 Å². The Morgan fingerprint density at radius 3 is 2.95 bits per heavy atom. The molecule has 1 aliphatic heterocycles. The SMILES string of the molecule is CC(C)NCc1cc(Br)ccc1N1CCC(CCO)C1. The molecule has 1 saturated heterocycles. The first kappa shape index (κ1) is 15.8. The minimum absolute atomic E-state index is 0.306. The molecular formula is C16H25BrN2O. The second-order valence-electron chi connectivity index (χ2n) is 5.92. The van der Waals surface area contributed by atoms with Crippen LogP contribution in [-0.2, 0) is 6.54 Å². The molecule has 1 aromatic carbocycles. The first-order chi connectivity index (χ1) is 9.60. The van der Waals surface area contributed by atoms with Crippen molar-refractivity contribution in [3.8, 4) is 0 Å². The van der Waals surface area contributed by atoms with E-state index in [9.17, 15) is 0 Å². The van der Waals surface area contributed by atoms with E-state index in [2.05, 4.69) is 58.2 Å². The summed E-state index contributed by atoms with van der Waals surface area (Å²) in [6.07, 6.45) is 2.11. The third-order valence-electron chi connectivity index (χ3n) is 3.91. The van der Waals surface area contributed by atoms with Crippen LogP contribution in [0.5, 0.6) is 0 Å². The lowest BCUT2D eigenvalue weighted by Crippen LogP contribution is -2.25. The Labute approximate surface area is 130 Å². The van der Waals surface area contributed by atoms with E-state index in [1.807, 2.05) is 0 Å². The zero-order valence-corrected chi connectivity index (χ0v) is 14.0. The Morgan fingerprint density at radius 1 is 1.45 bits per heavy atom. The third-order valence-corrected chi connectivity index (χ3v) is 4.40. The highest BCUT2D eigenvalue weighted by atomic mass is 79.9. The second kappa shape index (κ2) is 7.43. The molecule has 1 aliphatic rings. The van der Waals surface area contributed by atoms with Gasteiger partial charge in [-0.3, -0.25) is 0 Å². The van der Waals surface area contributed by atoms with Crippen LogP contribution in [-0.4, -0.2) is 30.8 Å². The summed E-state index contributed by atoms with van der Waals surface area (Å²) < 4.78 is 1.13. The van der Waals surface area contributed by atoms with Gasteiger partial charge in [-0.15, -0.1) is 0 Å². The number of benzene rings is 1. The molecule has 0 bridgehead atoms. The monoisotopic (exact) mass is 340 g/mol. The fourth-order valence-electron chi connectivity index (χ4n) is 2.79. The molecule has 20 heavy (non-hydrogen) atoms. The molecule has 0 radical (unpaired) electrons. The predicted octanol–water partition coefficient (Wildman–Crippen LogP) is 3.16. The minimum atomic E-state index is 0.306. The van der Waals surface area contributed by atoms with E-state index >= 15 is 0 Å². The number of aliphatic hydroxyl groups excluding tert-OH is 1. The van der Waals surface area contributed by atoms with Gasteiger partial charge in [0.05, 0.1) is 0 Å². The maximum Gasteiger partial charge on any atom is 0.0434 e. The number of anilines is 1. The molecule has 4 heteroatoms. The fraction of sp³-hybridized carbons (Fsp3) is 0.625. The maximum absolute atomic E-state index is 9.09. The molecule has 0 aliphatic carbocycles. The molecular weight excluding hydrogens is 316 g/mol. The molecule has 0 amide bonds. The Bertz CT molecular complexity index is 436. The van der Waals surface area contributed by atoms with Crippen LogP contribution in [0.15, 0.2) is 22.7 Å². The highest BCUT2D eigenvalue weighted by Gasteiger charge is 2.23. The third kappa shape index (κ3) is 4.21. The summed E-state index contributed by atoms with van der Waals surface area (Å²) in [5.74, 6) is 0.634. The molecule has 2 rings (SSSR count). The van der Waals surface area contributed by atoms with Gasteiger partial charge in [-0.1, -0.05) is 29.8 Å². The van der Waals surface area contributed by atoms with Gasteiger partial charge in [-0.2, -0.15) is 0 Å². The van der Waals surface area contributed by atoms with Gasteiger partial charge in [0.1, 0.15) is 0 Å². The molecule has 3 nitrogen and oxygen atoms in total. The van der Waals surface area contributed by atoms with Crippen LogP contribution >= 0.6 is 15.9 Å². The quantitative estimate of drug-likeness (QED) is 0.834. The number of aliphatic hydroxyl groups is 1. The fourth-order valence-corrected chi connectivity index (χ4v) is 3.20. The van der Waals surface area contributed by atoms with Crippen molar-refractivity contribution < 1.29 is 5.11 Å².